The summed E-state index contributed by atoms with van der Waals surface area (Å²) in [7, 11) is 2.03. The molecular weight excluding hydrogens is 223 g/mol. The van der Waals surface area contributed by atoms with E-state index >= 15 is 0 Å². The SMILES string of the molecule is CN1CCNc2ccc(O)cc21.Cl.Cl. The highest BCUT2D eigenvalue weighted by atomic mass is 35.5. The van der Waals surface area contributed by atoms with Crippen molar-refractivity contribution in [3.8, 4) is 5.75 Å². The number of nitrogens with one attached hydrogen (secondary N) is 1. The van der Waals surface area contributed by atoms with Crippen molar-refractivity contribution in [2.45, 2.75) is 0 Å². The fourth-order valence-corrected chi connectivity index (χ4v) is 1.46. The second-order valence-corrected chi connectivity index (χ2v) is 3.05. The van der Waals surface area contributed by atoms with E-state index in [1.807, 2.05) is 13.1 Å². The third-order valence-electron chi connectivity index (χ3n) is 2.16. The quantitative estimate of drug-likeness (QED) is 0.678. The number of hydrogen-bond donors (Lipinski definition) is 2. The van der Waals surface area contributed by atoms with Gasteiger partial charge in [0.25, 0.3) is 0 Å². The normalized spacial score (nSPS) is 13.1. The molecule has 0 fully saturated rings. The molecule has 1 aromatic rings. The van der Waals surface area contributed by atoms with E-state index in [0.717, 1.165) is 24.5 Å². The molecule has 1 aromatic carbocycles. The van der Waals surface area contributed by atoms with E-state index in [4.69, 9.17) is 0 Å². The number of halogens is 2. The summed E-state index contributed by atoms with van der Waals surface area (Å²) in [4.78, 5) is 2.13. The molecule has 1 aliphatic heterocycles. The first-order chi connectivity index (χ1) is 5.77. The minimum absolute atomic E-state index is 0. The Bertz CT molecular complexity index is 307. The van der Waals surface area contributed by atoms with Gasteiger partial charge in [-0.2, -0.15) is 0 Å². The summed E-state index contributed by atoms with van der Waals surface area (Å²) in [5.41, 5.74) is 2.17. The molecule has 0 saturated heterocycles. The molecule has 1 aliphatic rings. The summed E-state index contributed by atoms with van der Waals surface area (Å²) in [5, 5.41) is 12.5. The van der Waals surface area contributed by atoms with Gasteiger partial charge in [0, 0.05) is 26.2 Å². The van der Waals surface area contributed by atoms with Crippen LogP contribution in [0.2, 0.25) is 0 Å². The highest BCUT2D eigenvalue weighted by Gasteiger charge is 2.12. The monoisotopic (exact) mass is 236 g/mol. The second kappa shape index (κ2) is 5.17. The molecular formula is C9H14Cl2N2O. The van der Waals surface area contributed by atoms with Gasteiger partial charge >= 0.3 is 0 Å². The van der Waals surface area contributed by atoms with Crippen molar-refractivity contribution in [1.82, 2.24) is 0 Å². The van der Waals surface area contributed by atoms with Crippen molar-refractivity contribution in [3.63, 3.8) is 0 Å². The standard InChI is InChI=1S/C9H12N2O.2ClH/c1-11-5-4-10-8-3-2-7(12)6-9(8)11;;/h2-3,6,10,12H,4-5H2,1H3;2*1H. The Kier molecular flexibility index (Phi) is 4.88. The molecule has 2 rings (SSSR count). The number of phenolic OH excluding ortho intramolecular Hbond substituents is 1. The third kappa shape index (κ3) is 2.36. The van der Waals surface area contributed by atoms with Crippen LogP contribution in [0.25, 0.3) is 0 Å². The van der Waals surface area contributed by atoms with Crippen molar-refractivity contribution < 1.29 is 5.11 Å². The van der Waals surface area contributed by atoms with Crippen LogP contribution in [-0.4, -0.2) is 25.2 Å². The lowest BCUT2D eigenvalue weighted by Gasteiger charge is -2.28. The number of rotatable bonds is 0. The average molecular weight is 237 g/mol. The summed E-state index contributed by atoms with van der Waals surface area (Å²) in [5.74, 6) is 0.323. The number of aromatic hydroxyl groups is 1. The maximum atomic E-state index is 9.25. The topological polar surface area (TPSA) is 35.5 Å². The van der Waals surface area contributed by atoms with Crippen LogP contribution in [0.15, 0.2) is 18.2 Å². The zero-order chi connectivity index (χ0) is 8.55. The molecule has 0 bridgehead atoms. The Balaban J connectivity index is 0.000000845. The smallest absolute Gasteiger partial charge is 0.117 e. The number of fused-ring (bicyclic) bond motifs is 1. The van der Waals surface area contributed by atoms with Gasteiger partial charge in [-0.1, -0.05) is 0 Å². The molecule has 0 radical (unpaired) electrons. The lowest BCUT2D eigenvalue weighted by atomic mass is 10.2. The summed E-state index contributed by atoms with van der Waals surface area (Å²) >= 11 is 0. The molecule has 1 heterocycles. The number of hydrogen-bond acceptors (Lipinski definition) is 3. The highest BCUT2D eigenvalue weighted by Crippen LogP contribution is 2.30. The van der Waals surface area contributed by atoms with E-state index in [2.05, 4.69) is 10.2 Å². The van der Waals surface area contributed by atoms with E-state index in [9.17, 15) is 5.11 Å². The largest absolute Gasteiger partial charge is 0.508 e. The van der Waals surface area contributed by atoms with E-state index in [1.54, 1.807) is 12.1 Å². The Morgan fingerprint density at radius 2 is 2.07 bits per heavy atom. The molecule has 80 valence electrons. The number of anilines is 2. The van der Waals surface area contributed by atoms with Crippen LogP contribution in [0.5, 0.6) is 5.75 Å². The Morgan fingerprint density at radius 1 is 1.36 bits per heavy atom. The molecule has 5 heteroatoms. The van der Waals surface area contributed by atoms with Crippen LogP contribution in [-0.2, 0) is 0 Å². The van der Waals surface area contributed by atoms with Crippen LogP contribution in [0.4, 0.5) is 11.4 Å². The van der Waals surface area contributed by atoms with Gasteiger partial charge in [0.1, 0.15) is 5.75 Å². The molecule has 14 heavy (non-hydrogen) atoms. The molecule has 3 nitrogen and oxygen atoms in total. The zero-order valence-corrected chi connectivity index (χ0v) is 9.49. The molecule has 2 N–H and O–H groups in total. The summed E-state index contributed by atoms with van der Waals surface area (Å²) in [6.45, 7) is 1.95. The van der Waals surface area contributed by atoms with Crippen molar-refractivity contribution in [2.75, 3.05) is 30.4 Å². The van der Waals surface area contributed by atoms with Gasteiger partial charge in [0.05, 0.1) is 11.4 Å². The maximum Gasteiger partial charge on any atom is 0.117 e. The Hall–Kier alpha value is -0.800. The van der Waals surface area contributed by atoms with Crippen molar-refractivity contribution >= 4 is 36.2 Å². The van der Waals surface area contributed by atoms with Gasteiger partial charge in [-0.3, -0.25) is 0 Å². The lowest BCUT2D eigenvalue weighted by molar-refractivity contribution is 0.475. The first kappa shape index (κ1) is 13.2. The van der Waals surface area contributed by atoms with Gasteiger partial charge in [0.2, 0.25) is 0 Å². The van der Waals surface area contributed by atoms with E-state index < -0.39 is 0 Å². The highest BCUT2D eigenvalue weighted by molar-refractivity contribution is 5.85. The predicted octanol–water partition coefficient (Wildman–Crippen LogP) is 2.10. The fraction of sp³-hybridized carbons (Fsp3) is 0.333. The number of nitrogens with zero attached hydrogens (tertiary/aromatic N) is 1. The van der Waals surface area contributed by atoms with Gasteiger partial charge in [-0.25, -0.2) is 0 Å². The molecule has 0 aromatic heterocycles. The first-order valence-electron chi connectivity index (χ1n) is 4.05. The Labute approximate surface area is 95.9 Å². The number of phenols is 1. The fourth-order valence-electron chi connectivity index (χ4n) is 1.46. The maximum absolute atomic E-state index is 9.25. The average Bonchev–Trinajstić information content (AvgIpc) is 2.07. The molecule has 0 spiro atoms. The summed E-state index contributed by atoms with van der Waals surface area (Å²) in [6.07, 6.45) is 0. The van der Waals surface area contributed by atoms with Gasteiger partial charge < -0.3 is 15.3 Å². The first-order valence-corrected chi connectivity index (χ1v) is 4.05. The van der Waals surface area contributed by atoms with Gasteiger partial charge in [-0.15, -0.1) is 24.8 Å². The molecule has 0 aliphatic carbocycles. The van der Waals surface area contributed by atoms with Crippen LogP contribution >= 0.6 is 24.8 Å². The predicted molar refractivity (Wildman–Crippen MR) is 64.4 cm³/mol. The summed E-state index contributed by atoms with van der Waals surface area (Å²) in [6, 6.07) is 5.38. The molecule has 0 amide bonds. The number of benzene rings is 1. The molecule has 0 atom stereocenters. The summed E-state index contributed by atoms with van der Waals surface area (Å²) < 4.78 is 0. The van der Waals surface area contributed by atoms with Crippen LogP contribution < -0.4 is 10.2 Å². The zero-order valence-electron chi connectivity index (χ0n) is 7.86. The van der Waals surface area contributed by atoms with E-state index in [1.165, 1.54) is 0 Å². The van der Waals surface area contributed by atoms with Crippen molar-refractivity contribution in [1.29, 1.82) is 0 Å². The minimum Gasteiger partial charge on any atom is -0.508 e. The van der Waals surface area contributed by atoms with E-state index in [-0.39, 0.29) is 24.8 Å². The van der Waals surface area contributed by atoms with Crippen LogP contribution in [0.1, 0.15) is 0 Å². The lowest BCUT2D eigenvalue weighted by Crippen LogP contribution is -2.30. The number of likely N-dealkylation sites (N-methyl/N-ethyl adjacent to an activating group) is 1. The van der Waals surface area contributed by atoms with Crippen molar-refractivity contribution in [2.24, 2.45) is 0 Å². The third-order valence-corrected chi connectivity index (χ3v) is 2.16. The van der Waals surface area contributed by atoms with Gasteiger partial charge in [-0.05, 0) is 12.1 Å². The minimum atomic E-state index is 0. The van der Waals surface area contributed by atoms with Crippen LogP contribution in [0, 0.1) is 0 Å². The Morgan fingerprint density at radius 3 is 2.79 bits per heavy atom. The second-order valence-electron chi connectivity index (χ2n) is 3.05. The van der Waals surface area contributed by atoms with Crippen molar-refractivity contribution in [3.05, 3.63) is 18.2 Å². The van der Waals surface area contributed by atoms with Gasteiger partial charge in [0.15, 0.2) is 0 Å². The molecule has 0 saturated carbocycles. The molecule has 0 unspecified atom stereocenters. The van der Waals surface area contributed by atoms with Crippen LogP contribution in [0.3, 0.4) is 0 Å². The van der Waals surface area contributed by atoms with E-state index in [0.29, 0.717) is 5.75 Å².